The number of ether oxygens (including phenoxy) is 2. The summed E-state index contributed by atoms with van der Waals surface area (Å²) in [6.07, 6.45) is 0. The molecule has 2 aromatic heterocycles. The number of hydrogen-bond donors (Lipinski definition) is 0. The molecular formula is C100H62N4O2. The Morgan fingerprint density at radius 3 is 0.830 bits per heavy atom. The first-order valence-electron chi connectivity index (χ1n) is 36.1. The van der Waals surface area contributed by atoms with Gasteiger partial charge in [-0.1, -0.05) is 303 Å². The summed E-state index contributed by atoms with van der Waals surface area (Å²) < 4.78 is 14.0. The van der Waals surface area contributed by atoms with Crippen molar-refractivity contribution >= 4 is 0 Å². The first-order chi connectivity index (χ1) is 52.5. The second-order valence-electron chi connectivity index (χ2n) is 27.9. The number of aromatic nitrogens is 4. The van der Waals surface area contributed by atoms with Crippen LogP contribution in [0.4, 0.5) is 0 Å². The average Bonchev–Trinajstić information content (AvgIpc) is 1.49. The van der Waals surface area contributed by atoms with E-state index in [9.17, 15) is 0 Å². The fourth-order valence-corrected chi connectivity index (χ4v) is 17.3. The van der Waals surface area contributed by atoms with E-state index in [4.69, 9.17) is 29.4 Å². The van der Waals surface area contributed by atoms with Gasteiger partial charge in [0.15, 0.2) is 11.6 Å². The molecule has 21 rings (SSSR count). The zero-order valence-corrected chi connectivity index (χ0v) is 57.4. The van der Waals surface area contributed by atoms with Crippen LogP contribution in [-0.2, 0) is 10.8 Å². The zero-order chi connectivity index (χ0) is 69.9. The Morgan fingerprint density at radius 1 is 0.160 bits per heavy atom. The van der Waals surface area contributed by atoms with E-state index in [1.807, 2.05) is 18.2 Å². The van der Waals surface area contributed by atoms with Crippen LogP contribution in [0.25, 0.3) is 135 Å². The van der Waals surface area contributed by atoms with Crippen LogP contribution >= 0.6 is 0 Å². The van der Waals surface area contributed by atoms with Gasteiger partial charge in [-0.05, 0) is 162 Å². The lowest BCUT2D eigenvalue weighted by Crippen LogP contribution is -2.32. The van der Waals surface area contributed by atoms with Crippen LogP contribution in [0.2, 0.25) is 0 Å². The molecule has 494 valence electrons. The normalized spacial score (nSPS) is 13.2. The zero-order valence-electron chi connectivity index (χ0n) is 57.4. The van der Waals surface area contributed by atoms with Gasteiger partial charge in [-0.2, -0.15) is 0 Å². The van der Waals surface area contributed by atoms with Gasteiger partial charge in [-0.15, -0.1) is 0 Å². The lowest BCUT2D eigenvalue weighted by molar-refractivity contribution is 0.436. The summed E-state index contributed by atoms with van der Waals surface area (Å²) in [6, 6.07) is 135. The van der Waals surface area contributed by atoms with Crippen LogP contribution in [0.15, 0.2) is 376 Å². The Labute approximate surface area is 614 Å². The lowest BCUT2D eigenvalue weighted by atomic mass is 9.65. The van der Waals surface area contributed by atoms with Crippen molar-refractivity contribution < 1.29 is 9.47 Å². The molecule has 2 aliphatic heterocycles. The molecule has 0 fully saturated rings. The van der Waals surface area contributed by atoms with Gasteiger partial charge >= 0.3 is 0 Å². The summed E-state index contributed by atoms with van der Waals surface area (Å²) in [5.41, 5.74) is 30.7. The molecule has 6 heteroatoms. The topological polar surface area (TPSA) is 70.0 Å². The molecule has 0 saturated carbocycles. The van der Waals surface area contributed by atoms with Crippen LogP contribution < -0.4 is 9.47 Å². The van der Waals surface area contributed by atoms with Crippen LogP contribution in [0.5, 0.6) is 23.0 Å². The Hall–Kier alpha value is -13.9. The molecule has 4 heterocycles. The summed E-state index contributed by atoms with van der Waals surface area (Å²) in [4.78, 5) is 21.5. The maximum absolute atomic E-state index is 7.19. The Morgan fingerprint density at radius 2 is 0.415 bits per heavy atom. The third kappa shape index (κ3) is 9.65. The highest BCUT2D eigenvalue weighted by Crippen LogP contribution is 2.65. The Kier molecular flexibility index (Phi) is 14.0. The average molecular weight is 1350 g/mol. The highest BCUT2D eigenvalue weighted by molar-refractivity contribution is 5.93. The molecule has 6 nitrogen and oxygen atoms in total. The molecule has 17 aromatic rings. The Balaban J connectivity index is 0.660. The van der Waals surface area contributed by atoms with Crippen LogP contribution in [0.3, 0.4) is 0 Å². The summed E-state index contributed by atoms with van der Waals surface area (Å²) in [5.74, 6) is 4.62. The van der Waals surface area contributed by atoms with Crippen LogP contribution in [0, 0.1) is 0 Å². The molecule has 15 aromatic carbocycles. The van der Waals surface area contributed by atoms with E-state index in [1.165, 1.54) is 50.1 Å². The van der Waals surface area contributed by atoms with Gasteiger partial charge in [-0.25, -0.2) is 19.9 Å². The van der Waals surface area contributed by atoms with Crippen molar-refractivity contribution in [1.82, 2.24) is 19.9 Å². The smallest absolute Gasteiger partial charge is 0.160 e. The van der Waals surface area contributed by atoms with Crippen LogP contribution in [0.1, 0.15) is 44.5 Å². The minimum absolute atomic E-state index is 0.590. The molecule has 106 heavy (non-hydrogen) atoms. The summed E-state index contributed by atoms with van der Waals surface area (Å²) in [7, 11) is 0. The van der Waals surface area contributed by atoms with Crippen molar-refractivity contribution in [3.63, 3.8) is 0 Å². The van der Waals surface area contributed by atoms with Crippen molar-refractivity contribution in [3.8, 4) is 158 Å². The molecule has 2 spiro atoms. The van der Waals surface area contributed by atoms with E-state index in [1.54, 1.807) is 0 Å². The fourth-order valence-electron chi connectivity index (χ4n) is 17.3. The lowest BCUT2D eigenvalue weighted by Gasteiger charge is -2.40. The summed E-state index contributed by atoms with van der Waals surface area (Å²) in [5, 5.41) is 0. The minimum Gasteiger partial charge on any atom is -0.457 e. The monoisotopic (exact) mass is 1350 g/mol. The Bertz CT molecular complexity index is 6310. The van der Waals surface area contributed by atoms with Gasteiger partial charge < -0.3 is 9.47 Å². The van der Waals surface area contributed by atoms with E-state index in [-0.39, 0.29) is 0 Å². The summed E-state index contributed by atoms with van der Waals surface area (Å²) in [6.45, 7) is 0. The van der Waals surface area contributed by atoms with E-state index < -0.39 is 10.8 Å². The van der Waals surface area contributed by atoms with Gasteiger partial charge in [-0.3, -0.25) is 0 Å². The molecule has 0 amide bonds. The van der Waals surface area contributed by atoms with Gasteiger partial charge in [0, 0.05) is 55.6 Å². The van der Waals surface area contributed by atoms with Gasteiger partial charge in [0.05, 0.1) is 33.6 Å². The van der Waals surface area contributed by atoms with Gasteiger partial charge in [0.2, 0.25) is 0 Å². The quantitative estimate of drug-likeness (QED) is 0.136. The van der Waals surface area contributed by atoms with E-state index >= 15 is 0 Å². The fraction of sp³-hybridized carbons (Fsp3) is 0.0200. The molecule has 2 aliphatic carbocycles. The standard InChI is InChI=1S/C100H62N4O2/c1-4-23-63(24-5-1)64-45-47-67(48-46-64)91-61-89(65-25-6-2-7-26-65)101-97(103-91)75-33-21-31-70(56-75)73-51-54-96-88(60-73)100(83-41-16-12-37-79(83)80-38-13-17-42-84(80)100)87-59-71(49-53-95(87)106-96)68-29-20-32-74(55-68)92-62-90(66-27-8-3-9-28-66)102-98(104-92)76-34-22-30-69(57-76)72-50-52-94-86(58-72)99(85-43-18-19-44-93(85)105-94)81-39-14-10-35-77(81)78-36-11-15-40-82(78)99/h1-62H. The number of para-hydroxylation sites is 1. The number of hydrogen-bond acceptors (Lipinski definition) is 6. The second-order valence-corrected chi connectivity index (χ2v) is 27.9. The molecule has 4 aliphatic rings. The van der Waals surface area contributed by atoms with Crippen molar-refractivity contribution in [1.29, 1.82) is 0 Å². The first kappa shape index (κ1) is 60.8. The van der Waals surface area contributed by atoms with Gasteiger partial charge in [0.1, 0.15) is 23.0 Å². The first-order valence-corrected chi connectivity index (χ1v) is 36.1. The number of benzene rings is 15. The predicted octanol–water partition coefficient (Wildman–Crippen LogP) is 24.9. The maximum Gasteiger partial charge on any atom is 0.160 e. The highest BCUT2D eigenvalue weighted by atomic mass is 16.5. The van der Waals surface area contributed by atoms with E-state index in [0.29, 0.717) is 11.6 Å². The summed E-state index contributed by atoms with van der Waals surface area (Å²) >= 11 is 0. The highest BCUT2D eigenvalue weighted by Gasteiger charge is 2.53. The molecular weight excluding hydrogens is 1290 g/mol. The molecule has 0 atom stereocenters. The third-order valence-electron chi connectivity index (χ3n) is 22.1. The van der Waals surface area contributed by atoms with Crippen molar-refractivity contribution in [2.24, 2.45) is 0 Å². The number of fused-ring (bicyclic) bond motifs is 18. The largest absolute Gasteiger partial charge is 0.457 e. The van der Waals surface area contributed by atoms with E-state index in [2.05, 4.69) is 358 Å². The van der Waals surface area contributed by atoms with Crippen LogP contribution in [-0.4, -0.2) is 19.9 Å². The third-order valence-corrected chi connectivity index (χ3v) is 22.1. The van der Waals surface area contributed by atoms with Crippen molar-refractivity contribution in [3.05, 3.63) is 421 Å². The van der Waals surface area contributed by atoms with E-state index in [0.717, 1.165) is 140 Å². The second kappa shape index (κ2) is 24.4. The molecule has 0 radical (unpaired) electrons. The molecule has 0 unspecified atom stereocenters. The maximum atomic E-state index is 7.19. The minimum atomic E-state index is -0.761. The predicted molar refractivity (Wildman–Crippen MR) is 427 cm³/mol. The van der Waals surface area contributed by atoms with Crippen molar-refractivity contribution in [2.75, 3.05) is 0 Å². The van der Waals surface area contributed by atoms with Gasteiger partial charge in [0.25, 0.3) is 0 Å². The number of rotatable bonds is 10. The number of nitrogens with zero attached hydrogens (tertiary/aromatic N) is 4. The SMILES string of the molecule is c1ccc(-c2ccc(-c3cc(-c4ccccc4)nc(-c4cccc(-c5ccc6c(c5)C5(c7cc(-c8cccc(-c9cc(-c%10ccccc%10)nc(-c%10cccc(-c%11ccc%12c(c%11)C%11(c%13ccccc%13O%12)c%12ccccc%12-c%12ccccc%12%11)c%10)n9)c8)ccc7O6)c6ccccc6-c6ccccc65)c4)n3)cc2)cc1. The molecule has 0 bridgehead atoms. The molecule has 0 saturated heterocycles. The van der Waals surface area contributed by atoms with Crippen molar-refractivity contribution in [2.45, 2.75) is 10.8 Å². The molecule has 0 N–H and O–H groups in total.